The molecule has 0 bridgehead atoms. The Labute approximate surface area is 98.9 Å². The summed E-state index contributed by atoms with van der Waals surface area (Å²) in [4.78, 5) is 2.28. The number of rotatable bonds is 4. The zero-order valence-corrected chi connectivity index (χ0v) is 11.0. The highest BCUT2D eigenvalue weighted by Crippen LogP contribution is 2.25. The minimum absolute atomic E-state index is 0.159. The van der Waals surface area contributed by atoms with Crippen molar-refractivity contribution in [1.29, 1.82) is 0 Å². The van der Waals surface area contributed by atoms with Crippen molar-refractivity contribution in [2.24, 2.45) is 0 Å². The fraction of sp³-hybridized carbons (Fsp3) is 0.571. The van der Waals surface area contributed by atoms with E-state index in [0.717, 1.165) is 12.0 Å². The Morgan fingerprint density at radius 2 is 1.75 bits per heavy atom. The summed E-state index contributed by atoms with van der Waals surface area (Å²) < 4.78 is 0. The van der Waals surface area contributed by atoms with Gasteiger partial charge in [-0.2, -0.15) is 0 Å². The number of aliphatic hydroxyl groups is 1. The summed E-state index contributed by atoms with van der Waals surface area (Å²) >= 11 is 0. The lowest BCUT2D eigenvalue weighted by molar-refractivity contribution is 0.199. The maximum atomic E-state index is 9.45. The summed E-state index contributed by atoms with van der Waals surface area (Å²) in [6.45, 7) is 8.44. The van der Waals surface area contributed by atoms with Crippen molar-refractivity contribution >= 4 is 5.69 Å². The molecule has 0 saturated carbocycles. The van der Waals surface area contributed by atoms with Gasteiger partial charge in [0.1, 0.15) is 0 Å². The van der Waals surface area contributed by atoms with Gasteiger partial charge in [-0.05, 0) is 44.9 Å². The summed E-state index contributed by atoms with van der Waals surface area (Å²) in [6, 6.07) is 8.11. The predicted octanol–water partition coefficient (Wildman–Crippen LogP) is 3.36. The van der Waals surface area contributed by atoms with Crippen molar-refractivity contribution in [1.82, 2.24) is 0 Å². The van der Waals surface area contributed by atoms with Crippen molar-refractivity contribution in [3.8, 4) is 0 Å². The summed E-state index contributed by atoms with van der Waals surface area (Å²) in [6.07, 6.45) is 0.709. The molecule has 1 rings (SSSR count). The van der Waals surface area contributed by atoms with Crippen molar-refractivity contribution in [2.75, 3.05) is 11.9 Å². The number of hydrogen-bond acceptors (Lipinski definition) is 2. The van der Waals surface area contributed by atoms with Gasteiger partial charge in [-0.1, -0.05) is 19.1 Å². The first-order chi connectivity index (χ1) is 7.38. The van der Waals surface area contributed by atoms with Crippen LogP contribution in [0.25, 0.3) is 0 Å². The molecule has 2 nitrogen and oxygen atoms in total. The lowest BCUT2D eigenvalue weighted by Gasteiger charge is -2.37. The SMILES string of the molecule is CCC(C)(C)N(C)c1ccc([C@H](C)O)cc1. The molecule has 0 heterocycles. The van der Waals surface area contributed by atoms with Crippen LogP contribution < -0.4 is 4.90 Å². The first-order valence-electron chi connectivity index (χ1n) is 5.90. The molecule has 0 amide bonds. The van der Waals surface area contributed by atoms with Crippen LogP contribution in [0.4, 0.5) is 5.69 Å². The smallest absolute Gasteiger partial charge is 0.0761 e. The maximum Gasteiger partial charge on any atom is 0.0761 e. The molecule has 0 aliphatic heterocycles. The summed E-state index contributed by atoms with van der Waals surface area (Å²) in [5.74, 6) is 0. The zero-order valence-electron chi connectivity index (χ0n) is 11.0. The van der Waals surface area contributed by atoms with Gasteiger partial charge >= 0.3 is 0 Å². The van der Waals surface area contributed by atoms with E-state index in [4.69, 9.17) is 0 Å². The first-order valence-corrected chi connectivity index (χ1v) is 5.90. The minimum Gasteiger partial charge on any atom is -0.389 e. The molecule has 90 valence electrons. The summed E-state index contributed by atoms with van der Waals surface area (Å²) in [5.41, 5.74) is 2.31. The van der Waals surface area contributed by atoms with Crippen LogP contribution in [0.15, 0.2) is 24.3 Å². The van der Waals surface area contributed by atoms with Crippen LogP contribution in [0.3, 0.4) is 0 Å². The molecule has 0 unspecified atom stereocenters. The monoisotopic (exact) mass is 221 g/mol. The molecule has 16 heavy (non-hydrogen) atoms. The molecule has 0 spiro atoms. The maximum absolute atomic E-state index is 9.45. The van der Waals surface area contributed by atoms with Gasteiger partial charge in [0, 0.05) is 18.3 Å². The van der Waals surface area contributed by atoms with Crippen LogP contribution in [-0.4, -0.2) is 17.7 Å². The predicted molar refractivity (Wildman–Crippen MR) is 69.8 cm³/mol. The molecular weight excluding hydrogens is 198 g/mol. The van der Waals surface area contributed by atoms with E-state index in [9.17, 15) is 5.11 Å². The van der Waals surface area contributed by atoms with Gasteiger partial charge in [0.25, 0.3) is 0 Å². The fourth-order valence-electron chi connectivity index (χ4n) is 1.56. The number of hydrogen-bond donors (Lipinski definition) is 1. The normalized spacial score (nSPS) is 13.6. The number of aliphatic hydroxyl groups excluding tert-OH is 1. The van der Waals surface area contributed by atoms with Gasteiger partial charge in [0.2, 0.25) is 0 Å². The molecule has 1 aromatic rings. The third-order valence-corrected chi connectivity index (χ3v) is 3.54. The van der Waals surface area contributed by atoms with Gasteiger partial charge in [-0.3, -0.25) is 0 Å². The molecule has 0 radical (unpaired) electrons. The van der Waals surface area contributed by atoms with Gasteiger partial charge < -0.3 is 10.0 Å². The standard InChI is InChI=1S/C14H23NO/c1-6-14(3,4)15(5)13-9-7-12(8-10-13)11(2)16/h7-11,16H,6H2,1-5H3/t11-/m0/s1. The Morgan fingerprint density at radius 1 is 1.25 bits per heavy atom. The Balaban J connectivity index is 2.90. The second-order valence-electron chi connectivity index (χ2n) is 4.99. The van der Waals surface area contributed by atoms with E-state index < -0.39 is 6.10 Å². The third-order valence-electron chi connectivity index (χ3n) is 3.54. The molecule has 2 heteroatoms. The Morgan fingerprint density at radius 3 is 2.12 bits per heavy atom. The Hall–Kier alpha value is -1.02. The number of anilines is 1. The first kappa shape index (κ1) is 13.0. The van der Waals surface area contributed by atoms with E-state index in [2.05, 4.69) is 44.9 Å². The topological polar surface area (TPSA) is 23.5 Å². The fourth-order valence-corrected chi connectivity index (χ4v) is 1.56. The minimum atomic E-state index is -0.390. The van der Waals surface area contributed by atoms with Crippen LogP contribution in [0.5, 0.6) is 0 Å². The van der Waals surface area contributed by atoms with E-state index in [0.29, 0.717) is 0 Å². The Bertz CT molecular complexity index is 327. The molecule has 0 aliphatic rings. The average molecular weight is 221 g/mol. The lowest BCUT2D eigenvalue weighted by atomic mass is 9.99. The van der Waals surface area contributed by atoms with Crippen molar-refractivity contribution in [2.45, 2.75) is 45.8 Å². The Kier molecular flexibility index (Phi) is 3.98. The van der Waals surface area contributed by atoms with Crippen LogP contribution in [0.1, 0.15) is 45.8 Å². The van der Waals surface area contributed by atoms with Crippen LogP contribution in [0.2, 0.25) is 0 Å². The van der Waals surface area contributed by atoms with Crippen molar-refractivity contribution in [3.63, 3.8) is 0 Å². The summed E-state index contributed by atoms with van der Waals surface area (Å²) in [7, 11) is 2.11. The van der Waals surface area contributed by atoms with E-state index in [1.807, 2.05) is 12.1 Å². The second kappa shape index (κ2) is 4.88. The largest absolute Gasteiger partial charge is 0.389 e. The molecular formula is C14H23NO. The third kappa shape index (κ3) is 2.76. The van der Waals surface area contributed by atoms with Gasteiger partial charge in [-0.25, -0.2) is 0 Å². The van der Waals surface area contributed by atoms with E-state index in [-0.39, 0.29) is 5.54 Å². The van der Waals surface area contributed by atoms with Gasteiger partial charge in [0.15, 0.2) is 0 Å². The lowest BCUT2D eigenvalue weighted by Crippen LogP contribution is -2.40. The highest BCUT2D eigenvalue weighted by atomic mass is 16.3. The molecule has 1 N–H and O–H groups in total. The van der Waals surface area contributed by atoms with Crippen LogP contribution >= 0.6 is 0 Å². The van der Waals surface area contributed by atoms with Crippen molar-refractivity contribution in [3.05, 3.63) is 29.8 Å². The van der Waals surface area contributed by atoms with Crippen LogP contribution in [0, 0.1) is 0 Å². The number of nitrogens with zero attached hydrogens (tertiary/aromatic N) is 1. The van der Waals surface area contributed by atoms with Crippen molar-refractivity contribution < 1.29 is 5.11 Å². The second-order valence-corrected chi connectivity index (χ2v) is 4.99. The average Bonchev–Trinajstić information content (AvgIpc) is 2.28. The molecule has 0 aromatic heterocycles. The molecule has 0 aliphatic carbocycles. The molecule has 1 aromatic carbocycles. The quantitative estimate of drug-likeness (QED) is 0.842. The highest BCUT2D eigenvalue weighted by molar-refractivity contribution is 5.49. The van der Waals surface area contributed by atoms with E-state index in [1.54, 1.807) is 6.92 Å². The summed E-state index contributed by atoms with van der Waals surface area (Å²) in [5, 5.41) is 9.45. The molecule has 0 fully saturated rings. The van der Waals surface area contributed by atoms with E-state index in [1.165, 1.54) is 5.69 Å². The van der Waals surface area contributed by atoms with Crippen LogP contribution in [-0.2, 0) is 0 Å². The van der Waals surface area contributed by atoms with E-state index >= 15 is 0 Å². The highest BCUT2D eigenvalue weighted by Gasteiger charge is 2.21. The molecule has 1 atom stereocenters. The number of benzene rings is 1. The van der Waals surface area contributed by atoms with Gasteiger partial charge in [-0.15, -0.1) is 0 Å². The zero-order chi connectivity index (χ0) is 12.3. The molecule has 0 saturated heterocycles. The van der Waals surface area contributed by atoms with Gasteiger partial charge in [0.05, 0.1) is 6.10 Å².